The Morgan fingerprint density at radius 1 is 0.897 bits per heavy atom. The highest BCUT2D eigenvalue weighted by molar-refractivity contribution is 5.81. The molecular formula is C32H33FN2O4. The number of nitrogens with one attached hydrogen (secondary N) is 1. The monoisotopic (exact) mass is 528 g/mol. The minimum absolute atomic E-state index is 0.0640. The summed E-state index contributed by atoms with van der Waals surface area (Å²) < 4.78 is 32.2. The van der Waals surface area contributed by atoms with Crippen molar-refractivity contribution in [1.82, 2.24) is 10.3 Å². The second-order valence-electron chi connectivity index (χ2n) is 10.2. The summed E-state index contributed by atoms with van der Waals surface area (Å²) in [5.74, 6) is 1.09. The molecule has 0 aliphatic carbocycles. The van der Waals surface area contributed by atoms with Gasteiger partial charge in [-0.05, 0) is 92.3 Å². The van der Waals surface area contributed by atoms with Crippen LogP contribution < -0.4 is 14.8 Å². The number of aromatic nitrogens is 1. The Kier molecular flexibility index (Phi) is 8.19. The van der Waals surface area contributed by atoms with Crippen molar-refractivity contribution < 1.29 is 23.4 Å². The molecule has 0 saturated heterocycles. The van der Waals surface area contributed by atoms with E-state index in [9.17, 15) is 4.79 Å². The molecule has 0 aliphatic rings. The van der Waals surface area contributed by atoms with Gasteiger partial charge in [0.1, 0.15) is 22.9 Å². The lowest BCUT2D eigenvalue weighted by molar-refractivity contribution is 0.0523. The van der Waals surface area contributed by atoms with Crippen LogP contribution in [-0.4, -0.2) is 23.8 Å². The summed E-state index contributed by atoms with van der Waals surface area (Å²) in [7, 11) is 1.48. The summed E-state index contributed by atoms with van der Waals surface area (Å²) in [4.78, 5) is 16.4. The molecule has 4 rings (SSSR count). The van der Waals surface area contributed by atoms with E-state index < -0.39 is 17.5 Å². The minimum atomic E-state index is -0.651. The molecule has 0 fully saturated rings. The number of pyridine rings is 1. The van der Waals surface area contributed by atoms with Gasteiger partial charge in [-0.1, -0.05) is 36.4 Å². The Labute approximate surface area is 228 Å². The quantitative estimate of drug-likeness (QED) is 0.263. The standard InChI is InChI=1S/C32H33FN2O4/c1-20-23(22-17-27(33)26(29(18-22)37-6)19-35-31(36)39-32(3,4)5)11-9-12-24(20)25-13-10-14-28(21(25)2)38-30-15-7-8-16-34-30/h7-18H,19H2,1-6H3,(H,35,36). The third-order valence-corrected chi connectivity index (χ3v) is 6.25. The predicted molar refractivity (Wildman–Crippen MR) is 151 cm³/mol. The van der Waals surface area contributed by atoms with Gasteiger partial charge in [-0.15, -0.1) is 0 Å². The number of benzene rings is 3. The topological polar surface area (TPSA) is 69.7 Å². The lowest BCUT2D eigenvalue weighted by Crippen LogP contribution is -2.32. The van der Waals surface area contributed by atoms with Crippen molar-refractivity contribution in [3.05, 3.63) is 95.4 Å². The van der Waals surface area contributed by atoms with Crippen molar-refractivity contribution in [1.29, 1.82) is 0 Å². The van der Waals surface area contributed by atoms with Crippen LogP contribution in [-0.2, 0) is 11.3 Å². The number of carbonyl (C=O) groups is 1. The Bertz CT molecular complexity index is 1480. The second kappa shape index (κ2) is 11.6. The lowest BCUT2D eigenvalue weighted by atomic mass is 9.90. The van der Waals surface area contributed by atoms with Gasteiger partial charge in [-0.3, -0.25) is 0 Å². The molecule has 3 aromatic carbocycles. The van der Waals surface area contributed by atoms with Crippen LogP contribution in [0.25, 0.3) is 22.3 Å². The average Bonchev–Trinajstić information content (AvgIpc) is 2.89. The highest BCUT2D eigenvalue weighted by Crippen LogP contribution is 2.38. The summed E-state index contributed by atoms with van der Waals surface area (Å²) in [6, 6.07) is 20.6. The average molecular weight is 529 g/mol. The molecule has 1 N–H and O–H groups in total. The number of alkyl carbamates (subject to hydrolysis) is 1. The number of methoxy groups -OCH3 is 1. The third-order valence-electron chi connectivity index (χ3n) is 6.25. The van der Waals surface area contributed by atoms with Gasteiger partial charge in [0.05, 0.1) is 13.7 Å². The van der Waals surface area contributed by atoms with E-state index in [-0.39, 0.29) is 12.1 Å². The summed E-state index contributed by atoms with van der Waals surface area (Å²) in [6.45, 7) is 9.26. The van der Waals surface area contributed by atoms with Gasteiger partial charge in [0.2, 0.25) is 5.88 Å². The highest BCUT2D eigenvalue weighted by Gasteiger charge is 2.20. The van der Waals surface area contributed by atoms with E-state index in [0.717, 1.165) is 27.8 Å². The van der Waals surface area contributed by atoms with Crippen LogP contribution in [0.4, 0.5) is 9.18 Å². The van der Waals surface area contributed by atoms with E-state index in [1.807, 2.05) is 68.4 Å². The highest BCUT2D eigenvalue weighted by atomic mass is 19.1. The molecule has 1 heterocycles. The molecule has 0 radical (unpaired) electrons. The van der Waals surface area contributed by atoms with Crippen LogP contribution in [0.15, 0.2) is 72.9 Å². The van der Waals surface area contributed by atoms with Gasteiger partial charge in [0, 0.05) is 17.8 Å². The van der Waals surface area contributed by atoms with Crippen LogP contribution in [0.3, 0.4) is 0 Å². The minimum Gasteiger partial charge on any atom is -0.496 e. The fraction of sp³-hybridized carbons (Fsp3) is 0.250. The Morgan fingerprint density at radius 2 is 1.59 bits per heavy atom. The first-order valence-corrected chi connectivity index (χ1v) is 12.7. The van der Waals surface area contributed by atoms with Crippen molar-refractivity contribution in [3.63, 3.8) is 0 Å². The van der Waals surface area contributed by atoms with Gasteiger partial charge in [-0.2, -0.15) is 0 Å². The molecular weight excluding hydrogens is 495 g/mol. The summed E-state index contributed by atoms with van der Waals surface area (Å²) in [5, 5.41) is 2.60. The van der Waals surface area contributed by atoms with E-state index in [0.29, 0.717) is 22.9 Å². The van der Waals surface area contributed by atoms with E-state index in [1.54, 1.807) is 33.0 Å². The number of amides is 1. The van der Waals surface area contributed by atoms with Crippen molar-refractivity contribution in [2.45, 2.75) is 46.8 Å². The molecule has 39 heavy (non-hydrogen) atoms. The van der Waals surface area contributed by atoms with Crippen LogP contribution in [0.5, 0.6) is 17.4 Å². The first kappa shape index (κ1) is 27.6. The zero-order valence-corrected chi connectivity index (χ0v) is 23.1. The number of halogens is 1. The van der Waals surface area contributed by atoms with E-state index in [4.69, 9.17) is 14.2 Å². The third kappa shape index (κ3) is 6.55. The summed E-state index contributed by atoms with van der Waals surface area (Å²) in [6.07, 6.45) is 1.07. The first-order valence-electron chi connectivity index (χ1n) is 12.7. The van der Waals surface area contributed by atoms with Crippen molar-refractivity contribution >= 4 is 6.09 Å². The Morgan fingerprint density at radius 3 is 2.26 bits per heavy atom. The summed E-state index contributed by atoms with van der Waals surface area (Å²) in [5.41, 5.74) is 5.10. The van der Waals surface area contributed by atoms with E-state index >= 15 is 4.39 Å². The molecule has 0 saturated carbocycles. The van der Waals surface area contributed by atoms with Crippen LogP contribution in [0, 0.1) is 19.7 Å². The molecule has 7 heteroatoms. The number of hydrogen-bond acceptors (Lipinski definition) is 5. The maximum Gasteiger partial charge on any atom is 0.407 e. The molecule has 202 valence electrons. The van der Waals surface area contributed by atoms with Crippen LogP contribution in [0.2, 0.25) is 0 Å². The molecule has 6 nitrogen and oxygen atoms in total. The maximum atomic E-state index is 15.4. The number of rotatable bonds is 7. The molecule has 0 bridgehead atoms. The van der Waals surface area contributed by atoms with Gasteiger partial charge >= 0.3 is 6.09 Å². The SMILES string of the molecule is COc1cc(-c2cccc(-c3cccc(Oc4ccccn4)c3C)c2C)cc(F)c1CNC(=O)OC(C)(C)C. The molecule has 1 amide bonds. The fourth-order valence-electron chi connectivity index (χ4n) is 4.37. The van der Waals surface area contributed by atoms with E-state index in [2.05, 4.69) is 10.3 Å². The van der Waals surface area contributed by atoms with Gasteiger partial charge in [-0.25, -0.2) is 14.2 Å². The van der Waals surface area contributed by atoms with Crippen molar-refractivity contribution in [2.24, 2.45) is 0 Å². The van der Waals surface area contributed by atoms with Gasteiger partial charge in [0.15, 0.2) is 0 Å². The van der Waals surface area contributed by atoms with Crippen LogP contribution >= 0.6 is 0 Å². The Balaban J connectivity index is 1.66. The zero-order chi connectivity index (χ0) is 28.2. The number of hydrogen-bond donors (Lipinski definition) is 1. The number of nitrogens with zero attached hydrogens (tertiary/aromatic N) is 1. The molecule has 0 atom stereocenters. The normalized spacial score (nSPS) is 11.2. The zero-order valence-electron chi connectivity index (χ0n) is 23.1. The van der Waals surface area contributed by atoms with Crippen LogP contribution in [0.1, 0.15) is 37.5 Å². The molecule has 0 spiro atoms. The smallest absolute Gasteiger partial charge is 0.407 e. The van der Waals surface area contributed by atoms with E-state index in [1.165, 1.54) is 13.2 Å². The Hall–Kier alpha value is -4.39. The lowest BCUT2D eigenvalue weighted by Gasteiger charge is -2.20. The fourth-order valence-corrected chi connectivity index (χ4v) is 4.37. The second-order valence-corrected chi connectivity index (χ2v) is 10.2. The van der Waals surface area contributed by atoms with Crippen molar-refractivity contribution in [3.8, 4) is 39.6 Å². The predicted octanol–water partition coefficient (Wildman–Crippen LogP) is 8.00. The maximum absolute atomic E-state index is 15.4. The molecule has 1 aromatic heterocycles. The number of carbonyl (C=O) groups excluding carboxylic acids is 1. The molecule has 0 aliphatic heterocycles. The van der Waals surface area contributed by atoms with Gasteiger partial charge < -0.3 is 19.5 Å². The van der Waals surface area contributed by atoms with Crippen molar-refractivity contribution in [2.75, 3.05) is 7.11 Å². The largest absolute Gasteiger partial charge is 0.496 e. The number of ether oxygens (including phenoxy) is 3. The summed E-state index contributed by atoms with van der Waals surface area (Å²) >= 11 is 0. The van der Waals surface area contributed by atoms with Gasteiger partial charge in [0.25, 0.3) is 0 Å². The molecule has 0 unspecified atom stereocenters. The molecule has 4 aromatic rings. The first-order chi connectivity index (χ1) is 18.6.